The Hall–Kier alpha value is -7.82. The molecule has 0 aliphatic carbocycles. The van der Waals surface area contributed by atoms with Gasteiger partial charge in [0.1, 0.15) is 5.69 Å². The maximum atomic E-state index is 5.32. The lowest BCUT2D eigenvalue weighted by molar-refractivity contribution is -0.674. The van der Waals surface area contributed by atoms with E-state index in [1.54, 1.807) is 0 Å². The highest BCUT2D eigenvalue weighted by Crippen LogP contribution is 2.34. The molecule has 0 saturated heterocycles. The average molecular weight is 770 g/mol. The fourth-order valence-corrected chi connectivity index (χ4v) is 8.04. The van der Waals surface area contributed by atoms with E-state index in [1.165, 1.54) is 10.8 Å². The first kappa shape index (κ1) is 36.5. The fraction of sp³-hybridized carbons (Fsp3) is 0.0357. The van der Waals surface area contributed by atoms with E-state index in [9.17, 15) is 0 Å². The molecule has 8 aromatic carbocycles. The van der Waals surface area contributed by atoms with Gasteiger partial charge < -0.3 is 0 Å². The average Bonchev–Trinajstić information content (AvgIpc) is 3.34. The molecule has 4 heteroatoms. The third-order valence-corrected chi connectivity index (χ3v) is 11.1. The van der Waals surface area contributed by atoms with Crippen molar-refractivity contribution in [3.8, 4) is 90.1 Å². The predicted octanol–water partition coefficient (Wildman–Crippen LogP) is 13.7. The molecule has 0 radical (unpaired) electrons. The zero-order valence-electron chi connectivity index (χ0n) is 33.3. The van der Waals surface area contributed by atoms with Crippen LogP contribution in [0.3, 0.4) is 0 Å². The van der Waals surface area contributed by atoms with Crippen LogP contribution in [0, 0.1) is 0 Å². The third-order valence-electron chi connectivity index (χ3n) is 11.1. The molecule has 0 atom stereocenters. The van der Waals surface area contributed by atoms with Crippen molar-refractivity contribution in [1.82, 2.24) is 15.0 Å². The number of benzene rings is 8. The minimum absolute atomic E-state index is 0.709. The van der Waals surface area contributed by atoms with E-state index < -0.39 is 0 Å². The van der Waals surface area contributed by atoms with Crippen LogP contribution >= 0.6 is 0 Å². The highest BCUT2D eigenvalue weighted by molar-refractivity contribution is 5.92. The minimum Gasteiger partial charge on any atom is -0.228 e. The molecule has 284 valence electrons. The summed E-state index contributed by atoms with van der Waals surface area (Å²) in [4.78, 5) is 15.4. The zero-order valence-corrected chi connectivity index (χ0v) is 33.3. The van der Waals surface area contributed by atoms with Gasteiger partial charge in [0.2, 0.25) is 0 Å². The molecule has 0 spiro atoms. The fourth-order valence-electron chi connectivity index (χ4n) is 8.04. The van der Waals surface area contributed by atoms with Gasteiger partial charge in [0.05, 0.1) is 23.5 Å². The zero-order chi connectivity index (χ0) is 40.3. The Balaban J connectivity index is 1.02. The number of hydrogen-bond acceptors (Lipinski definition) is 3. The number of rotatable bonds is 9. The van der Waals surface area contributed by atoms with Gasteiger partial charge in [-0.2, -0.15) is 0 Å². The summed E-state index contributed by atoms with van der Waals surface area (Å²) in [6.45, 7) is 2.99. The summed E-state index contributed by atoms with van der Waals surface area (Å²) in [7, 11) is 0. The van der Waals surface area contributed by atoms with E-state index in [0.717, 1.165) is 90.8 Å². The first-order valence-corrected chi connectivity index (χ1v) is 20.5. The van der Waals surface area contributed by atoms with Crippen molar-refractivity contribution in [1.29, 1.82) is 0 Å². The van der Waals surface area contributed by atoms with Crippen molar-refractivity contribution in [2.24, 2.45) is 0 Å². The lowest BCUT2D eigenvalue weighted by Crippen LogP contribution is -2.39. The molecular weight excluding hydrogens is 729 g/mol. The predicted molar refractivity (Wildman–Crippen MR) is 247 cm³/mol. The van der Waals surface area contributed by atoms with Crippen LogP contribution in [0.25, 0.3) is 101 Å². The second-order valence-electron chi connectivity index (χ2n) is 15.0. The summed E-state index contributed by atoms with van der Waals surface area (Å²) in [6.07, 6.45) is 0. The van der Waals surface area contributed by atoms with Gasteiger partial charge in [-0.05, 0) is 87.4 Å². The van der Waals surface area contributed by atoms with E-state index in [2.05, 4.69) is 193 Å². The summed E-state index contributed by atoms with van der Waals surface area (Å²) in [6, 6.07) is 76.9. The van der Waals surface area contributed by atoms with Crippen molar-refractivity contribution >= 4 is 10.8 Å². The van der Waals surface area contributed by atoms with Crippen LogP contribution in [0.5, 0.6) is 0 Å². The topological polar surface area (TPSA) is 42.5 Å². The SMILES string of the molecule is CC[n+]1c(-c2ccccc2)cc(-c2cccc(-c3ccc4ccc(-c5cccc(-c6cc(-c7ccccc7)nc(-c7ccccc7)n6)c5)cc4c3)c2)nc1-c1ccccc1. The third kappa shape index (κ3) is 7.39. The van der Waals surface area contributed by atoms with Gasteiger partial charge >= 0.3 is 5.82 Å². The summed E-state index contributed by atoms with van der Waals surface area (Å²) in [5, 5.41) is 2.37. The molecule has 0 N–H and O–H groups in total. The van der Waals surface area contributed by atoms with Gasteiger partial charge in [-0.3, -0.25) is 0 Å². The Morgan fingerprint density at radius 3 is 1.30 bits per heavy atom. The molecule has 0 fully saturated rings. The minimum atomic E-state index is 0.709. The largest absolute Gasteiger partial charge is 0.331 e. The maximum Gasteiger partial charge on any atom is 0.331 e. The van der Waals surface area contributed by atoms with Crippen LogP contribution in [-0.2, 0) is 6.54 Å². The number of aromatic nitrogens is 4. The van der Waals surface area contributed by atoms with Crippen molar-refractivity contribution in [2.75, 3.05) is 0 Å². The van der Waals surface area contributed by atoms with Crippen LogP contribution < -0.4 is 4.57 Å². The molecule has 0 aliphatic heterocycles. The van der Waals surface area contributed by atoms with Gasteiger partial charge in [-0.1, -0.05) is 170 Å². The first-order valence-electron chi connectivity index (χ1n) is 20.5. The molecule has 0 unspecified atom stereocenters. The Morgan fingerprint density at radius 2 is 0.750 bits per heavy atom. The van der Waals surface area contributed by atoms with Crippen LogP contribution in [0.1, 0.15) is 6.92 Å². The quantitative estimate of drug-likeness (QED) is 0.137. The van der Waals surface area contributed by atoms with Crippen LogP contribution in [0.15, 0.2) is 218 Å². The molecule has 0 bridgehead atoms. The van der Waals surface area contributed by atoms with Crippen LogP contribution in [0.4, 0.5) is 0 Å². The van der Waals surface area contributed by atoms with Gasteiger partial charge in [-0.15, -0.1) is 0 Å². The van der Waals surface area contributed by atoms with Gasteiger partial charge in [0.25, 0.3) is 0 Å². The van der Waals surface area contributed by atoms with Gasteiger partial charge in [0.15, 0.2) is 11.5 Å². The molecule has 2 heterocycles. The van der Waals surface area contributed by atoms with E-state index in [-0.39, 0.29) is 0 Å². The van der Waals surface area contributed by atoms with Crippen molar-refractivity contribution in [2.45, 2.75) is 13.5 Å². The van der Waals surface area contributed by atoms with Gasteiger partial charge in [0, 0.05) is 33.9 Å². The second-order valence-corrected chi connectivity index (χ2v) is 15.0. The smallest absolute Gasteiger partial charge is 0.228 e. The van der Waals surface area contributed by atoms with E-state index in [1.807, 2.05) is 36.4 Å². The van der Waals surface area contributed by atoms with E-state index in [4.69, 9.17) is 15.0 Å². The molecule has 10 aromatic rings. The van der Waals surface area contributed by atoms with Crippen LogP contribution in [-0.4, -0.2) is 15.0 Å². The first-order chi connectivity index (χ1) is 29.7. The standard InChI is InChI=1S/C56H41N4/c1-2-60-54(41-19-9-4-10-20-41)38-53(59-56(60)43-23-13-6-14-24-43)49-28-16-26-45(34-49)47-32-30-39-29-31-46(35-50(39)36-47)44-25-15-27-48(33-44)52-37-51(40-17-7-3-8-18-40)57-55(58-52)42-21-11-5-12-22-42/h3-38H,2H2,1H3/q+1. The molecule has 0 aliphatic rings. The molecule has 4 nitrogen and oxygen atoms in total. The second kappa shape index (κ2) is 16.2. The summed E-state index contributed by atoms with van der Waals surface area (Å²) in [5.74, 6) is 1.66. The molecule has 10 rings (SSSR count). The molecular formula is C56H41N4+. The molecule has 60 heavy (non-hydrogen) atoms. The Bertz CT molecular complexity index is 2990. The molecule has 0 saturated carbocycles. The maximum absolute atomic E-state index is 5.32. The lowest BCUT2D eigenvalue weighted by atomic mass is 9.95. The number of hydrogen-bond donors (Lipinski definition) is 0. The highest BCUT2D eigenvalue weighted by Gasteiger charge is 2.23. The Morgan fingerprint density at radius 1 is 0.317 bits per heavy atom. The summed E-state index contributed by atoms with van der Waals surface area (Å²) in [5.41, 5.74) is 14.9. The number of nitrogens with zero attached hydrogens (tertiary/aromatic N) is 4. The Kier molecular flexibility index (Phi) is 9.86. The van der Waals surface area contributed by atoms with Gasteiger partial charge in [-0.25, -0.2) is 14.5 Å². The molecule has 0 amide bonds. The monoisotopic (exact) mass is 769 g/mol. The van der Waals surface area contributed by atoms with Crippen molar-refractivity contribution in [3.63, 3.8) is 0 Å². The Labute approximate surface area is 350 Å². The summed E-state index contributed by atoms with van der Waals surface area (Å²) >= 11 is 0. The van der Waals surface area contributed by atoms with E-state index >= 15 is 0 Å². The van der Waals surface area contributed by atoms with Crippen LogP contribution in [0.2, 0.25) is 0 Å². The molecule has 2 aromatic heterocycles. The lowest BCUT2D eigenvalue weighted by Gasteiger charge is -2.12. The normalized spacial score (nSPS) is 11.2. The van der Waals surface area contributed by atoms with E-state index in [0.29, 0.717) is 5.82 Å². The van der Waals surface area contributed by atoms with Crippen molar-refractivity contribution in [3.05, 3.63) is 218 Å². The summed E-state index contributed by atoms with van der Waals surface area (Å²) < 4.78 is 2.31. The number of fused-ring (bicyclic) bond motifs is 1. The van der Waals surface area contributed by atoms with Crippen molar-refractivity contribution < 1.29 is 4.57 Å². The highest BCUT2D eigenvalue weighted by atomic mass is 15.1.